The number of hydrogen-bond acceptors (Lipinski definition) is 3. The van der Waals surface area contributed by atoms with Crippen LogP contribution in [0.3, 0.4) is 0 Å². The first-order valence-corrected chi connectivity index (χ1v) is 6.06. The fourth-order valence-corrected chi connectivity index (χ4v) is 2.40. The minimum Gasteiger partial charge on any atom is -0.299 e. The third-order valence-corrected chi connectivity index (χ3v) is 3.18. The van der Waals surface area contributed by atoms with Crippen molar-refractivity contribution in [1.29, 1.82) is 0 Å². The molecule has 0 N–H and O–H groups in total. The molecule has 0 radical (unpaired) electrons. The molecule has 0 unspecified atom stereocenters. The summed E-state index contributed by atoms with van der Waals surface area (Å²) in [6.07, 6.45) is 7.22. The van der Waals surface area contributed by atoms with Gasteiger partial charge in [-0.2, -0.15) is 0 Å². The molecule has 90 valence electrons. The number of hydrogen-bond donors (Lipinski definition) is 0. The standard InChI is InChI=1S/C15H10N4/c1-3-7-16-11(5-1)13-12-6-2-4-10-19(12)15-14(13)17-8-9-18-15/h1-10H. The SMILES string of the molecule is c1ccc(-c2c3nccnc3n3ccccc23)nc1. The van der Waals surface area contributed by atoms with Crippen LogP contribution in [-0.2, 0) is 0 Å². The maximum absolute atomic E-state index is 4.47. The summed E-state index contributed by atoms with van der Waals surface area (Å²) >= 11 is 0. The van der Waals surface area contributed by atoms with Gasteiger partial charge in [0.25, 0.3) is 0 Å². The summed E-state index contributed by atoms with van der Waals surface area (Å²) in [6.45, 7) is 0. The quantitative estimate of drug-likeness (QED) is 0.518. The Morgan fingerprint density at radius 3 is 2.58 bits per heavy atom. The van der Waals surface area contributed by atoms with Crippen LogP contribution in [0.15, 0.2) is 61.2 Å². The van der Waals surface area contributed by atoms with Crippen molar-refractivity contribution in [2.24, 2.45) is 0 Å². The van der Waals surface area contributed by atoms with Crippen molar-refractivity contribution in [2.45, 2.75) is 0 Å². The maximum atomic E-state index is 4.47. The monoisotopic (exact) mass is 246 g/mol. The summed E-state index contributed by atoms with van der Waals surface area (Å²) in [5, 5.41) is 0. The highest BCUT2D eigenvalue weighted by Crippen LogP contribution is 2.31. The lowest BCUT2D eigenvalue weighted by atomic mass is 10.1. The zero-order valence-electron chi connectivity index (χ0n) is 10.1. The van der Waals surface area contributed by atoms with Gasteiger partial charge in [-0.1, -0.05) is 12.1 Å². The molecule has 0 aliphatic carbocycles. The molecule has 4 aromatic rings. The lowest BCUT2D eigenvalue weighted by Crippen LogP contribution is -1.84. The predicted molar refractivity (Wildman–Crippen MR) is 73.7 cm³/mol. The lowest BCUT2D eigenvalue weighted by Gasteiger charge is -1.98. The smallest absolute Gasteiger partial charge is 0.164 e. The van der Waals surface area contributed by atoms with Gasteiger partial charge >= 0.3 is 0 Å². The molecule has 4 aromatic heterocycles. The van der Waals surface area contributed by atoms with Crippen molar-refractivity contribution >= 4 is 16.7 Å². The molecular formula is C15H10N4. The first-order chi connectivity index (χ1) is 9.45. The summed E-state index contributed by atoms with van der Waals surface area (Å²) in [5.41, 5.74) is 4.76. The predicted octanol–water partition coefficient (Wildman–Crippen LogP) is 2.94. The third kappa shape index (κ3) is 1.43. The Balaban J connectivity index is 2.24. The van der Waals surface area contributed by atoms with Crippen LogP contribution in [0.4, 0.5) is 0 Å². The lowest BCUT2D eigenvalue weighted by molar-refractivity contribution is 1.17. The summed E-state index contributed by atoms with van der Waals surface area (Å²) in [6, 6.07) is 12.0. The van der Waals surface area contributed by atoms with Crippen LogP contribution in [0.2, 0.25) is 0 Å². The Labute approximate surface area is 109 Å². The number of nitrogens with zero attached hydrogens (tertiary/aromatic N) is 4. The first-order valence-electron chi connectivity index (χ1n) is 6.06. The van der Waals surface area contributed by atoms with Crippen molar-refractivity contribution in [3.63, 3.8) is 0 Å². The highest BCUT2D eigenvalue weighted by atomic mass is 15.0. The largest absolute Gasteiger partial charge is 0.299 e. The average Bonchev–Trinajstić information content (AvgIpc) is 2.83. The molecule has 0 aliphatic heterocycles. The van der Waals surface area contributed by atoms with E-state index in [1.165, 1.54) is 0 Å². The number of fused-ring (bicyclic) bond motifs is 3. The summed E-state index contributed by atoms with van der Waals surface area (Å²) in [4.78, 5) is 13.3. The number of rotatable bonds is 1. The van der Waals surface area contributed by atoms with Gasteiger partial charge < -0.3 is 0 Å². The van der Waals surface area contributed by atoms with E-state index in [-0.39, 0.29) is 0 Å². The Kier molecular flexibility index (Phi) is 2.08. The van der Waals surface area contributed by atoms with Gasteiger partial charge in [0.1, 0.15) is 5.52 Å². The second kappa shape index (κ2) is 3.88. The topological polar surface area (TPSA) is 43.1 Å². The average molecular weight is 246 g/mol. The molecule has 0 amide bonds. The van der Waals surface area contributed by atoms with Gasteiger partial charge in [-0.05, 0) is 24.3 Å². The Bertz CT molecular complexity index is 812. The molecule has 0 saturated heterocycles. The summed E-state index contributed by atoms with van der Waals surface area (Å²) in [7, 11) is 0. The van der Waals surface area contributed by atoms with E-state index in [1.807, 2.05) is 40.9 Å². The molecule has 0 fully saturated rings. The zero-order chi connectivity index (χ0) is 12.7. The van der Waals surface area contributed by atoms with Crippen LogP contribution < -0.4 is 0 Å². The van der Waals surface area contributed by atoms with Crippen molar-refractivity contribution in [3.05, 3.63) is 61.2 Å². The van der Waals surface area contributed by atoms with E-state index in [2.05, 4.69) is 21.0 Å². The van der Waals surface area contributed by atoms with Crippen LogP contribution in [0, 0.1) is 0 Å². The molecule has 4 heterocycles. The fraction of sp³-hybridized carbons (Fsp3) is 0. The number of pyridine rings is 2. The van der Waals surface area contributed by atoms with Crippen molar-refractivity contribution in [1.82, 2.24) is 19.4 Å². The van der Waals surface area contributed by atoms with E-state index in [4.69, 9.17) is 0 Å². The molecular weight excluding hydrogens is 236 g/mol. The molecule has 0 aliphatic rings. The minimum absolute atomic E-state index is 0.860. The second-order valence-electron chi connectivity index (χ2n) is 4.27. The van der Waals surface area contributed by atoms with Crippen LogP contribution in [-0.4, -0.2) is 19.4 Å². The molecule has 0 bridgehead atoms. The van der Waals surface area contributed by atoms with E-state index >= 15 is 0 Å². The Hall–Kier alpha value is -2.75. The molecule has 4 nitrogen and oxygen atoms in total. The minimum atomic E-state index is 0.860. The number of aromatic nitrogens is 4. The Morgan fingerprint density at radius 2 is 1.68 bits per heavy atom. The van der Waals surface area contributed by atoms with Crippen LogP contribution in [0.5, 0.6) is 0 Å². The summed E-state index contributed by atoms with van der Waals surface area (Å²) < 4.78 is 2.05. The van der Waals surface area contributed by atoms with E-state index < -0.39 is 0 Å². The molecule has 0 aromatic carbocycles. The van der Waals surface area contributed by atoms with Crippen LogP contribution in [0.25, 0.3) is 27.9 Å². The van der Waals surface area contributed by atoms with Crippen molar-refractivity contribution in [2.75, 3.05) is 0 Å². The second-order valence-corrected chi connectivity index (χ2v) is 4.27. The molecule has 4 rings (SSSR count). The van der Waals surface area contributed by atoms with Gasteiger partial charge in [0.15, 0.2) is 5.65 Å². The van der Waals surface area contributed by atoms with Gasteiger partial charge in [0, 0.05) is 24.8 Å². The molecule has 19 heavy (non-hydrogen) atoms. The molecule has 0 saturated carbocycles. The van der Waals surface area contributed by atoms with E-state index in [0.29, 0.717) is 0 Å². The highest BCUT2D eigenvalue weighted by Gasteiger charge is 2.15. The van der Waals surface area contributed by atoms with E-state index in [9.17, 15) is 0 Å². The maximum Gasteiger partial charge on any atom is 0.164 e. The fourth-order valence-electron chi connectivity index (χ4n) is 2.40. The Morgan fingerprint density at radius 1 is 0.789 bits per heavy atom. The normalized spacial score (nSPS) is 11.2. The zero-order valence-corrected chi connectivity index (χ0v) is 10.1. The first kappa shape index (κ1) is 10.2. The highest BCUT2D eigenvalue weighted by molar-refractivity contribution is 6.00. The van der Waals surface area contributed by atoms with Gasteiger partial charge in [0.2, 0.25) is 0 Å². The van der Waals surface area contributed by atoms with Crippen molar-refractivity contribution < 1.29 is 0 Å². The van der Waals surface area contributed by atoms with Crippen LogP contribution >= 0.6 is 0 Å². The van der Waals surface area contributed by atoms with Gasteiger partial charge in [-0.25, -0.2) is 4.98 Å². The van der Waals surface area contributed by atoms with E-state index in [1.54, 1.807) is 18.6 Å². The van der Waals surface area contributed by atoms with Crippen LogP contribution in [0.1, 0.15) is 0 Å². The molecule has 0 spiro atoms. The molecule has 0 atom stereocenters. The van der Waals surface area contributed by atoms with Gasteiger partial charge in [0.05, 0.1) is 16.8 Å². The van der Waals surface area contributed by atoms with Crippen molar-refractivity contribution in [3.8, 4) is 11.3 Å². The molecule has 4 heteroatoms. The van der Waals surface area contributed by atoms with E-state index in [0.717, 1.165) is 27.9 Å². The van der Waals surface area contributed by atoms with Gasteiger partial charge in [-0.3, -0.25) is 14.4 Å². The van der Waals surface area contributed by atoms with Gasteiger partial charge in [-0.15, -0.1) is 0 Å². The third-order valence-electron chi connectivity index (χ3n) is 3.18. The summed E-state index contributed by atoms with van der Waals surface area (Å²) in [5.74, 6) is 0.